The molecule has 200 valence electrons. The molecule has 11 nitrogen and oxygen atoms in total. The highest BCUT2D eigenvalue weighted by atomic mass is 16.5. The molecule has 4 aromatic heterocycles. The third kappa shape index (κ3) is 4.49. The van der Waals surface area contributed by atoms with Crippen molar-refractivity contribution in [3.05, 3.63) is 75.7 Å². The van der Waals surface area contributed by atoms with Gasteiger partial charge in [-0.2, -0.15) is 5.10 Å². The summed E-state index contributed by atoms with van der Waals surface area (Å²) in [6.45, 7) is 6.86. The first kappa shape index (κ1) is 24.7. The molecular formula is C28H29N7O4. The first-order valence-electron chi connectivity index (χ1n) is 12.8. The Balaban J connectivity index is 1.40. The number of ether oxygens (including phenoxy) is 1. The van der Waals surface area contributed by atoms with Crippen LogP contribution in [-0.4, -0.2) is 43.2 Å². The number of fused-ring (bicyclic) bond motifs is 3. The Morgan fingerprint density at radius 3 is 2.77 bits per heavy atom. The number of aromatic amines is 2. The fourth-order valence-electron chi connectivity index (χ4n) is 5.62. The van der Waals surface area contributed by atoms with Crippen LogP contribution in [0.25, 0.3) is 11.1 Å². The van der Waals surface area contributed by atoms with Crippen molar-refractivity contribution < 1.29 is 14.3 Å². The van der Waals surface area contributed by atoms with E-state index in [1.165, 1.54) is 18.2 Å². The number of hydrogen-bond acceptors (Lipinski definition) is 7. The standard InChI is InChI=1S/C28H29N7O4/c1-16(36)39-15-20-19(18-10-21(26(37)30-14-18)32-24-5-7-31-33-24)4-6-29-25(20)35-9-8-34-22(27(35)38)11-17-12-28(2,3)13-23(17)34/h4-7,10-11,14H,8-9,12-13,15H2,1-3H3,(H,30,37)(H2,31,32,33). The van der Waals surface area contributed by atoms with Crippen molar-refractivity contribution in [1.82, 2.24) is 24.7 Å². The summed E-state index contributed by atoms with van der Waals surface area (Å²) in [7, 11) is 0. The predicted molar refractivity (Wildman–Crippen MR) is 145 cm³/mol. The van der Waals surface area contributed by atoms with Crippen molar-refractivity contribution in [2.75, 3.05) is 16.8 Å². The lowest BCUT2D eigenvalue weighted by atomic mass is 9.90. The summed E-state index contributed by atoms with van der Waals surface area (Å²) in [6.07, 6.45) is 6.68. The molecule has 0 radical (unpaired) electrons. The number of pyridine rings is 2. The number of hydrogen-bond donors (Lipinski definition) is 3. The minimum absolute atomic E-state index is 0.0776. The average Bonchev–Trinajstić information content (AvgIpc) is 3.59. The molecule has 0 saturated heterocycles. The molecule has 2 aliphatic rings. The van der Waals surface area contributed by atoms with E-state index in [-0.39, 0.29) is 23.5 Å². The lowest BCUT2D eigenvalue weighted by Crippen LogP contribution is -2.41. The monoisotopic (exact) mass is 527 g/mol. The Morgan fingerprint density at radius 1 is 1.15 bits per heavy atom. The van der Waals surface area contributed by atoms with Crippen LogP contribution in [0.4, 0.5) is 17.3 Å². The van der Waals surface area contributed by atoms with Gasteiger partial charge in [-0.25, -0.2) is 4.98 Å². The van der Waals surface area contributed by atoms with Crippen LogP contribution in [0.1, 0.15) is 48.1 Å². The van der Waals surface area contributed by atoms with Gasteiger partial charge in [-0.05, 0) is 47.6 Å². The van der Waals surface area contributed by atoms with Gasteiger partial charge in [0.15, 0.2) is 0 Å². The fraction of sp³-hybridized carbons (Fsp3) is 0.321. The largest absolute Gasteiger partial charge is 0.461 e. The minimum atomic E-state index is -0.447. The number of aromatic nitrogens is 5. The summed E-state index contributed by atoms with van der Waals surface area (Å²) >= 11 is 0. The van der Waals surface area contributed by atoms with Crippen LogP contribution in [0.5, 0.6) is 0 Å². The number of esters is 1. The van der Waals surface area contributed by atoms with Crippen LogP contribution >= 0.6 is 0 Å². The molecule has 0 atom stereocenters. The third-order valence-electron chi connectivity index (χ3n) is 7.32. The molecule has 0 fully saturated rings. The Labute approximate surface area is 224 Å². The Bertz CT molecular complexity index is 1650. The lowest BCUT2D eigenvalue weighted by molar-refractivity contribution is -0.142. The van der Waals surface area contributed by atoms with Gasteiger partial charge < -0.3 is 19.6 Å². The zero-order chi connectivity index (χ0) is 27.3. The summed E-state index contributed by atoms with van der Waals surface area (Å²) in [5.41, 5.74) is 5.25. The number of carbonyl (C=O) groups excluding carboxylic acids is 2. The minimum Gasteiger partial charge on any atom is -0.461 e. The van der Waals surface area contributed by atoms with Crippen LogP contribution in [0.2, 0.25) is 0 Å². The first-order chi connectivity index (χ1) is 18.7. The number of H-pyrrole nitrogens is 2. The van der Waals surface area contributed by atoms with Gasteiger partial charge in [0.1, 0.15) is 29.6 Å². The van der Waals surface area contributed by atoms with E-state index in [1.54, 1.807) is 41.7 Å². The van der Waals surface area contributed by atoms with Crippen molar-refractivity contribution in [1.29, 1.82) is 0 Å². The Morgan fingerprint density at radius 2 is 2.00 bits per heavy atom. The summed E-state index contributed by atoms with van der Waals surface area (Å²) in [6, 6.07) is 7.20. The predicted octanol–water partition coefficient (Wildman–Crippen LogP) is 3.55. The third-order valence-corrected chi connectivity index (χ3v) is 7.32. The second-order valence-electron chi connectivity index (χ2n) is 10.8. The highest BCUT2D eigenvalue weighted by Gasteiger charge is 2.37. The smallest absolute Gasteiger partial charge is 0.302 e. The molecule has 0 aromatic carbocycles. The molecule has 0 saturated carbocycles. The van der Waals surface area contributed by atoms with Crippen molar-refractivity contribution >= 4 is 29.2 Å². The van der Waals surface area contributed by atoms with Crippen molar-refractivity contribution in [2.45, 2.75) is 46.8 Å². The normalized spacial score (nSPS) is 15.7. The highest BCUT2D eigenvalue weighted by molar-refractivity contribution is 6.06. The van der Waals surface area contributed by atoms with E-state index in [1.807, 2.05) is 6.07 Å². The number of nitrogens with one attached hydrogen (secondary N) is 3. The van der Waals surface area contributed by atoms with Crippen LogP contribution in [0, 0.1) is 5.41 Å². The SMILES string of the molecule is CC(=O)OCc1c(-c2c[nH]c(=O)c(Nc3ccn[nH]3)c2)ccnc1N1CCn2c(cc3c2CC(C)(C)C3)C1=O. The summed E-state index contributed by atoms with van der Waals surface area (Å²) in [5, 5.41) is 9.69. The number of rotatable bonds is 6. The molecule has 6 rings (SSSR count). The van der Waals surface area contributed by atoms with E-state index in [9.17, 15) is 14.4 Å². The molecule has 1 aliphatic heterocycles. The van der Waals surface area contributed by atoms with Crippen LogP contribution in [0.15, 0.2) is 47.7 Å². The molecule has 3 N–H and O–H groups in total. The molecule has 5 heterocycles. The molecular weight excluding hydrogens is 498 g/mol. The van der Waals surface area contributed by atoms with E-state index in [2.05, 4.69) is 43.9 Å². The maximum Gasteiger partial charge on any atom is 0.302 e. The van der Waals surface area contributed by atoms with Gasteiger partial charge in [0.25, 0.3) is 11.5 Å². The van der Waals surface area contributed by atoms with E-state index < -0.39 is 5.97 Å². The number of carbonyl (C=O) groups is 2. The highest BCUT2D eigenvalue weighted by Crippen LogP contribution is 2.40. The van der Waals surface area contributed by atoms with Gasteiger partial charge >= 0.3 is 5.97 Å². The zero-order valence-electron chi connectivity index (χ0n) is 22.0. The van der Waals surface area contributed by atoms with E-state index in [0.29, 0.717) is 52.8 Å². The second-order valence-corrected chi connectivity index (χ2v) is 10.8. The van der Waals surface area contributed by atoms with Crippen LogP contribution in [0.3, 0.4) is 0 Å². The maximum atomic E-state index is 13.8. The van der Waals surface area contributed by atoms with Crippen LogP contribution < -0.4 is 15.8 Å². The molecule has 4 aromatic rings. The summed E-state index contributed by atoms with van der Waals surface area (Å²) < 4.78 is 7.56. The number of anilines is 3. The molecule has 0 unspecified atom stereocenters. The lowest BCUT2D eigenvalue weighted by Gasteiger charge is -2.31. The zero-order valence-corrected chi connectivity index (χ0v) is 22.0. The number of amides is 1. The van der Waals surface area contributed by atoms with Gasteiger partial charge in [0.05, 0.1) is 6.20 Å². The fourth-order valence-corrected chi connectivity index (χ4v) is 5.62. The topological polar surface area (TPSA) is 138 Å². The molecule has 11 heteroatoms. The molecule has 1 aliphatic carbocycles. The molecule has 1 amide bonds. The Kier molecular flexibility index (Phi) is 5.86. The van der Waals surface area contributed by atoms with Crippen LogP contribution in [-0.2, 0) is 35.5 Å². The van der Waals surface area contributed by atoms with E-state index in [0.717, 1.165) is 12.8 Å². The molecule has 39 heavy (non-hydrogen) atoms. The summed E-state index contributed by atoms with van der Waals surface area (Å²) in [5.74, 6) is 0.410. The van der Waals surface area contributed by atoms with Gasteiger partial charge in [0.2, 0.25) is 0 Å². The van der Waals surface area contributed by atoms with Crippen molar-refractivity contribution in [3.63, 3.8) is 0 Å². The van der Waals surface area contributed by atoms with Crippen molar-refractivity contribution in [3.8, 4) is 11.1 Å². The molecule has 0 spiro atoms. The van der Waals surface area contributed by atoms with Crippen molar-refractivity contribution in [2.24, 2.45) is 5.41 Å². The van der Waals surface area contributed by atoms with Gasteiger partial charge in [-0.1, -0.05) is 13.8 Å². The first-order valence-corrected chi connectivity index (χ1v) is 12.8. The van der Waals surface area contributed by atoms with E-state index >= 15 is 0 Å². The quantitative estimate of drug-likeness (QED) is 0.326. The summed E-state index contributed by atoms with van der Waals surface area (Å²) in [4.78, 5) is 47.1. The van der Waals surface area contributed by atoms with Gasteiger partial charge in [-0.3, -0.25) is 24.4 Å². The van der Waals surface area contributed by atoms with Gasteiger partial charge in [-0.15, -0.1) is 0 Å². The average molecular weight is 528 g/mol. The van der Waals surface area contributed by atoms with Gasteiger partial charge in [0, 0.05) is 55.3 Å². The maximum absolute atomic E-state index is 13.8. The molecule has 0 bridgehead atoms. The number of nitrogens with zero attached hydrogens (tertiary/aromatic N) is 4. The van der Waals surface area contributed by atoms with E-state index in [4.69, 9.17) is 4.74 Å². The Hall–Kier alpha value is -4.67. The second kappa shape index (κ2) is 9.26.